The van der Waals surface area contributed by atoms with Gasteiger partial charge in [-0.05, 0) is 48.6 Å². The number of aromatic hydroxyl groups is 1. The average Bonchev–Trinajstić information content (AvgIpc) is 2.63. The number of anilines is 1. The van der Waals surface area contributed by atoms with E-state index in [2.05, 4.69) is 17.4 Å². The highest BCUT2D eigenvalue weighted by Crippen LogP contribution is 2.33. The lowest BCUT2D eigenvalue weighted by Gasteiger charge is -2.22. The van der Waals surface area contributed by atoms with E-state index < -0.39 is 0 Å². The first-order valence-electron chi connectivity index (χ1n) is 8.53. The molecule has 2 N–H and O–H groups in total. The highest BCUT2D eigenvalue weighted by Gasteiger charge is 2.15. The van der Waals surface area contributed by atoms with Crippen LogP contribution in [0, 0.1) is 0 Å². The number of rotatable bonds is 5. The van der Waals surface area contributed by atoms with Gasteiger partial charge >= 0.3 is 0 Å². The third kappa shape index (κ3) is 4.28. The highest BCUT2D eigenvalue weighted by molar-refractivity contribution is 5.93. The van der Waals surface area contributed by atoms with Gasteiger partial charge in [0.2, 0.25) is 0 Å². The van der Waals surface area contributed by atoms with Crippen LogP contribution in [0.1, 0.15) is 43.6 Å². The number of carbonyl (C=O) groups is 1. The molecule has 4 nitrogen and oxygen atoms in total. The Balaban J connectivity index is 1.51. The minimum atomic E-state index is -0.298. The van der Waals surface area contributed by atoms with Gasteiger partial charge in [0.05, 0.1) is 5.69 Å². The summed E-state index contributed by atoms with van der Waals surface area (Å²) in [5.74, 6) is 1.09. The molecule has 24 heavy (non-hydrogen) atoms. The number of amides is 1. The number of ether oxygens (including phenoxy) is 1. The van der Waals surface area contributed by atoms with Crippen LogP contribution in [0.15, 0.2) is 48.5 Å². The molecule has 4 heteroatoms. The van der Waals surface area contributed by atoms with Crippen LogP contribution < -0.4 is 10.1 Å². The van der Waals surface area contributed by atoms with Gasteiger partial charge in [-0.15, -0.1) is 0 Å². The predicted octanol–water partition coefficient (Wildman–Crippen LogP) is 4.46. The largest absolute Gasteiger partial charge is 0.506 e. The summed E-state index contributed by atoms with van der Waals surface area (Å²) < 4.78 is 5.53. The topological polar surface area (TPSA) is 58.6 Å². The van der Waals surface area contributed by atoms with Crippen molar-refractivity contribution >= 4 is 11.6 Å². The van der Waals surface area contributed by atoms with E-state index in [0.29, 0.717) is 17.4 Å². The Morgan fingerprint density at radius 1 is 1.04 bits per heavy atom. The molecule has 0 aromatic heterocycles. The Morgan fingerprint density at radius 3 is 2.46 bits per heavy atom. The van der Waals surface area contributed by atoms with E-state index >= 15 is 0 Å². The Kier molecular flexibility index (Phi) is 5.36. The summed E-state index contributed by atoms with van der Waals surface area (Å²) in [6.07, 6.45) is 6.51. The molecule has 1 fully saturated rings. The number of phenolic OH excluding ortho intramolecular Hbond substituents is 1. The van der Waals surface area contributed by atoms with Gasteiger partial charge in [-0.1, -0.05) is 43.5 Å². The molecule has 2 aromatic carbocycles. The minimum absolute atomic E-state index is 0.0442. The van der Waals surface area contributed by atoms with Gasteiger partial charge in [-0.25, -0.2) is 0 Å². The molecule has 0 heterocycles. The van der Waals surface area contributed by atoms with E-state index in [9.17, 15) is 9.90 Å². The maximum atomic E-state index is 11.9. The molecular weight excluding hydrogens is 302 g/mol. The highest BCUT2D eigenvalue weighted by atomic mass is 16.5. The fourth-order valence-electron chi connectivity index (χ4n) is 3.19. The molecule has 0 saturated heterocycles. The zero-order valence-electron chi connectivity index (χ0n) is 13.7. The number of benzene rings is 2. The molecule has 1 aliphatic carbocycles. The summed E-state index contributed by atoms with van der Waals surface area (Å²) in [5.41, 5.74) is 1.75. The molecule has 1 aliphatic rings. The van der Waals surface area contributed by atoms with E-state index in [-0.39, 0.29) is 18.3 Å². The second-order valence-corrected chi connectivity index (χ2v) is 6.26. The molecular formula is C20H23NO3. The number of hydrogen-bond acceptors (Lipinski definition) is 3. The smallest absolute Gasteiger partial charge is 0.262 e. The number of para-hydroxylation sites is 2. The summed E-state index contributed by atoms with van der Waals surface area (Å²) in [6.45, 7) is -0.0862. The van der Waals surface area contributed by atoms with Gasteiger partial charge in [-0.3, -0.25) is 4.79 Å². The summed E-state index contributed by atoms with van der Waals surface area (Å²) in [6, 6.07) is 14.7. The van der Waals surface area contributed by atoms with Crippen molar-refractivity contribution in [3.8, 4) is 11.5 Å². The van der Waals surface area contributed by atoms with E-state index in [0.717, 1.165) is 0 Å². The molecule has 0 spiro atoms. The molecule has 1 saturated carbocycles. The first kappa shape index (κ1) is 16.4. The number of hydrogen-bond donors (Lipinski definition) is 2. The molecule has 0 atom stereocenters. The van der Waals surface area contributed by atoms with Crippen LogP contribution in [0.2, 0.25) is 0 Å². The molecule has 2 aromatic rings. The molecule has 3 rings (SSSR count). The number of nitrogens with one attached hydrogen (secondary N) is 1. The van der Waals surface area contributed by atoms with Crippen LogP contribution in [0.25, 0.3) is 0 Å². The normalized spacial score (nSPS) is 15.0. The van der Waals surface area contributed by atoms with Crippen molar-refractivity contribution in [2.24, 2.45) is 0 Å². The lowest BCUT2D eigenvalue weighted by atomic mass is 9.84. The lowest BCUT2D eigenvalue weighted by Crippen LogP contribution is -2.20. The summed E-state index contributed by atoms with van der Waals surface area (Å²) in [4.78, 5) is 11.9. The summed E-state index contributed by atoms with van der Waals surface area (Å²) >= 11 is 0. The van der Waals surface area contributed by atoms with Crippen molar-refractivity contribution in [1.82, 2.24) is 0 Å². The van der Waals surface area contributed by atoms with Gasteiger partial charge in [0.1, 0.15) is 11.5 Å². The van der Waals surface area contributed by atoms with Crippen LogP contribution in [-0.4, -0.2) is 17.6 Å². The predicted molar refractivity (Wildman–Crippen MR) is 94.5 cm³/mol. The molecule has 126 valence electrons. The zero-order chi connectivity index (χ0) is 16.8. The average molecular weight is 325 g/mol. The van der Waals surface area contributed by atoms with Crippen LogP contribution in [0.5, 0.6) is 11.5 Å². The SMILES string of the molecule is O=C(COc1ccc(C2CCCCC2)cc1)Nc1ccccc1O. The third-order valence-corrected chi connectivity index (χ3v) is 4.50. The van der Waals surface area contributed by atoms with Crippen molar-refractivity contribution in [2.75, 3.05) is 11.9 Å². The summed E-state index contributed by atoms with van der Waals surface area (Å²) in [5, 5.41) is 12.3. The maximum Gasteiger partial charge on any atom is 0.262 e. The Morgan fingerprint density at radius 2 is 1.75 bits per heavy atom. The third-order valence-electron chi connectivity index (χ3n) is 4.50. The fourth-order valence-corrected chi connectivity index (χ4v) is 3.19. The van der Waals surface area contributed by atoms with Crippen LogP contribution in [0.3, 0.4) is 0 Å². The molecule has 0 aliphatic heterocycles. The van der Waals surface area contributed by atoms with Crippen molar-refractivity contribution in [3.05, 3.63) is 54.1 Å². The zero-order valence-corrected chi connectivity index (χ0v) is 13.7. The second-order valence-electron chi connectivity index (χ2n) is 6.26. The van der Waals surface area contributed by atoms with Crippen LogP contribution >= 0.6 is 0 Å². The van der Waals surface area contributed by atoms with Gasteiger partial charge in [0.25, 0.3) is 5.91 Å². The first-order valence-corrected chi connectivity index (χ1v) is 8.53. The monoisotopic (exact) mass is 325 g/mol. The molecule has 0 bridgehead atoms. The Bertz CT molecular complexity index is 676. The van der Waals surface area contributed by atoms with E-state index in [1.807, 2.05) is 12.1 Å². The first-order chi connectivity index (χ1) is 11.7. The van der Waals surface area contributed by atoms with Gasteiger partial charge in [-0.2, -0.15) is 0 Å². The van der Waals surface area contributed by atoms with Crippen molar-refractivity contribution < 1.29 is 14.6 Å². The van der Waals surface area contributed by atoms with E-state index in [4.69, 9.17) is 4.74 Å². The quantitative estimate of drug-likeness (QED) is 0.798. The van der Waals surface area contributed by atoms with E-state index in [1.54, 1.807) is 18.2 Å². The minimum Gasteiger partial charge on any atom is -0.506 e. The van der Waals surface area contributed by atoms with Crippen LogP contribution in [-0.2, 0) is 4.79 Å². The van der Waals surface area contributed by atoms with Crippen molar-refractivity contribution in [1.29, 1.82) is 0 Å². The maximum absolute atomic E-state index is 11.9. The van der Waals surface area contributed by atoms with Gasteiger partial charge in [0, 0.05) is 0 Å². The fraction of sp³-hybridized carbons (Fsp3) is 0.350. The Hall–Kier alpha value is -2.49. The van der Waals surface area contributed by atoms with Crippen molar-refractivity contribution in [2.45, 2.75) is 38.0 Å². The second kappa shape index (κ2) is 7.86. The molecule has 0 radical (unpaired) electrons. The number of carbonyl (C=O) groups excluding carboxylic acids is 1. The number of phenols is 1. The standard InChI is InChI=1S/C20H23NO3/c22-19-9-5-4-8-18(19)21-20(23)14-24-17-12-10-16(11-13-17)15-6-2-1-3-7-15/h4-5,8-13,15,22H,1-3,6-7,14H2,(H,21,23). The van der Waals surface area contributed by atoms with Gasteiger partial charge < -0.3 is 15.2 Å². The van der Waals surface area contributed by atoms with Gasteiger partial charge in [0.15, 0.2) is 6.61 Å². The lowest BCUT2D eigenvalue weighted by molar-refractivity contribution is -0.118. The van der Waals surface area contributed by atoms with E-state index in [1.165, 1.54) is 43.7 Å². The molecule has 1 amide bonds. The molecule has 0 unspecified atom stereocenters. The van der Waals surface area contributed by atoms with Crippen LogP contribution in [0.4, 0.5) is 5.69 Å². The Labute approximate surface area is 142 Å². The van der Waals surface area contributed by atoms with Crippen molar-refractivity contribution in [3.63, 3.8) is 0 Å². The summed E-state index contributed by atoms with van der Waals surface area (Å²) in [7, 11) is 0.